The number of rotatable bonds is 7. The highest BCUT2D eigenvalue weighted by molar-refractivity contribution is 6.17. The minimum absolute atomic E-state index is 0.204. The molecule has 7 nitrogen and oxygen atoms in total. The number of halogens is 2. The Hall–Kier alpha value is -12.8. The van der Waals surface area contributed by atoms with E-state index in [2.05, 4.69) is 300 Å². The first-order chi connectivity index (χ1) is 46.5. The second-order valence-electron chi connectivity index (χ2n) is 24.6. The molecule has 0 N–H and O–H groups in total. The maximum Gasteiger partial charge on any atom is 0.133 e. The average Bonchev–Trinajstić information content (AvgIpc) is 1.60. The molecule has 0 unspecified atom stereocenters. The summed E-state index contributed by atoms with van der Waals surface area (Å²) in [4.78, 5) is 0. The third-order valence-electron chi connectivity index (χ3n) is 19.8. The fourth-order valence-electron chi connectivity index (χ4n) is 15.9. The second-order valence-corrected chi connectivity index (χ2v) is 24.6. The molecular formula is C85H49F2N7. The molecule has 0 bridgehead atoms. The third kappa shape index (κ3) is 7.22. The summed E-state index contributed by atoms with van der Waals surface area (Å²) in [6, 6.07) is 105. The van der Waals surface area contributed by atoms with Crippen LogP contribution in [0.15, 0.2) is 297 Å². The van der Waals surface area contributed by atoms with Gasteiger partial charge in [0.25, 0.3) is 0 Å². The molecule has 20 rings (SSSR count). The summed E-state index contributed by atoms with van der Waals surface area (Å²) in [7, 11) is 0. The van der Waals surface area contributed by atoms with Crippen molar-refractivity contribution >= 4 is 131 Å². The van der Waals surface area contributed by atoms with Crippen molar-refractivity contribution in [3.63, 3.8) is 0 Å². The fraction of sp³-hybridized carbons (Fsp3) is 0. The van der Waals surface area contributed by atoms with E-state index in [4.69, 9.17) is 0 Å². The van der Waals surface area contributed by atoms with Crippen LogP contribution in [0.2, 0.25) is 0 Å². The molecule has 6 aromatic heterocycles. The van der Waals surface area contributed by atoms with Gasteiger partial charge in [0.2, 0.25) is 0 Å². The molecule has 6 heterocycles. The number of benzene rings is 14. The molecule has 0 aliphatic carbocycles. The van der Waals surface area contributed by atoms with Crippen molar-refractivity contribution in [1.82, 2.24) is 27.4 Å². The molecule has 20 aromatic rings. The highest BCUT2D eigenvalue weighted by atomic mass is 19.1. The maximum absolute atomic E-state index is 17.2. The van der Waals surface area contributed by atoms with Gasteiger partial charge in [-0.15, -0.1) is 0 Å². The Kier molecular flexibility index (Phi) is 10.9. The maximum atomic E-state index is 17.2. The van der Waals surface area contributed by atoms with Gasteiger partial charge in [-0.2, -0.15) is 5.26 Å². The van der Waals surface area contributed by atoms with E-state index in [1.54, 1.807) is 0 Å². The van der Waals surface area contributed by atoms with Gasteiger partial charge >= 0.3 is 0 Å². The molecule has 0 radical (unpaired) electrons. The number of nitrogens with zero attached hydrogens (tertiary/aromatic N) is 7. The summed E-state index contributed by atoms with van der Waals surface area (Å²) in [5.41, 5.74) is 16.4. The number of hydrogen-bond donors (Lipinski definition) is 0. The predicted molar refractivity (Wildman–Crippen MR) is 383 cm³/mol. The van der Waals surface area contributed by atoms with Crippen LogP contribution in [0.3, 0.4) is 0 Å². The van der Waals surface area contributed by atoms with E-state index in [9.17, 15) is 5.26 Å². The molecule has 0 spiro atoms. The molecule has 0 aliphatic rings. The summed E-state index contributed by atoms with van der Waals surface area (Å²) in [6.45, 7) is 0. The Morgan fingerprint density at radius 1 is 0.223 bits per heavy atom. The van der Waals surface area contributed by atoms with Crippen LogP contribution in [-0.4, -0.2) is 27.4 Å². The normalized spacial score (nSPS) is 12.1. The lowest BCUT2D eigenvalue weighted by Gasteiger charge is -2.20. The third-order valence-corrected chi connectivity index (χ3v) is 19.8. The summed E-state index contributed by atoms with van der Waals surface area (Å²) in [5.74, 6) is -1.45. The Morgan fingerprint density at radius 2 is 0.447 bits per heavy atom. The molecule has 14 aromatic carbocycles. The van der Waals surface area contributed by atoms with Crippen molar-refractivity contribution in [3.8, 4) is 51.3 Å². The van der Waals surface area contributed by atoms with Crippen LogP contribution >= 0.6 is 0 Å². The van der Waals surface area contributed by atoms with E-state index in [-0.39, 0.29) is 11.1 Å². The average molecular weight is 1210 g/mol. The summed E-state index contributed by atoms with van der Waals surface area (Å²) < 4.78 is 48.0. The zero-order chi connectivity index (χ0) is 62.0. The van der Waals surface area contributed by atoms with Crippen LogP contribution in [0, 0.1) is 23.0 Å². The Balaban J connectivity index is 0.946. The van der Waals surface area contributed by atoms with Crippen LogP contribution in [-0.2, 0) is 0 Å². The monoisotopic (exact) mass is 1210 g/mol. The molecule has 438 valence electrons. The molecule has 9 heteroatoms. The van der Waals surface area contributed by atoms with Crippen LogP contribution in [0.25, 0.3) is 176 Å². The minimum atomic E-state index is -0.726. The van der Waals surface area contributed by atoms with Crippen molar-refractivity contribution < 1.29 is 8.78 Å². The highest BCUT2D eigenvalue weighted by Gasteiger charge is 2.28. The van der Waals surface area contributed by atoms with Crippen molar-refractivity contribution in [3.05, 3.63) is 314 Å². The van der Waals surface area contributed by atoms with Crippen molar-refractivity contribution in [2.75, 3.05) is 0 Å². The molecular weight excluding hydrogens is 1160 g/mol. The zero-order valence-electron chi connectivity index (χ0n) is 50.2. The standard InChI is InChI=1S/C85H49F2N7/c86-69-26-17-27-70(87)85(69)51-44-79(93-81-46-52(89-71-28-9-1-18-56(71)57-19-2-10-29-72(57)89)36-40-64(81)65-41-37-53(47-82(65)93)90-73-30-11-3-20-58(73)59-21-4-12-31-74(59)90)68(50-88)80(45-51)94-83-48-54(91-75-32-13-5-22-60(75)61-23-6-14-33-76(61)91)38-42-66(83)67-43-39-55(49-84(67)94)92-77-34-15-7-24-62(77)63-25-8-16-35-78(63)92/h1-49H. The first-order valence-corrected chi connectivity index (χ1v) is 31.6. The molecule has 0 atom stereocenters. The summed E-state index contributed by atoms with van der Waals surface area (Å²) in [6.07, 6.45) is 0. The van der Waals surface area contributed by atoms with Gasteiger partial charge in [0.1, 0.15) is 23.3 Å². The van der Waals surface area contributed by atoms with Gasteiger partial charge in [0, 0.05) is 87.4 Å². The number of fused-ring (bicyclic) bond motifs is 18. The SMILES string of the molecule is N#Cc1c(-n2c3cc(-n4c5ccccc5c5ccccc54)ccc3c3ccc(-n4c5ccccc5c5ccccc54)cc32)cc(-c2c(F)cccc2F)cc1-n1c2cc(-n3c4ccccc4c4ccccc43)ccc2c2ccc(-n3c4ccccc4c4ccccc43)cc21. The molecule has 0 amide bonds. The zero-order valence-corrected chi connectivity index (χ0v) is 50.2. The van der Waals surface area contributed by atoms with E-state index in [0.29, 0.717) is 16.9 Å². The van der Waals surface area contributed by atoms with Crippen LogP contribution in [0.4, 0.5) is 8.78 Å². The van der Waals surface area contributed by atoms with E-state index < -0.39 is 11.6 Å². The van der Waals surface area contributed by atoms with Crippen molar-refractivity contribution in [2.24, 2.45) is 0 Å². The molecule has 0 saturated carbocycles. The Labute approximate surface area is 535 Å². The topological polar surface area (TPSA) is 53.4 Å². The lowest BCUT2D eigenvalue weighted by Crippen LogP contribution is -2.07. The smallest absolute Gasteiger partial charge is 0.133 e. The second kappa shape index (κ2) is 19.6. The largest absolute Gasteiger partial charge is 0.309 e. The van der Waals surface area contributed by atoms with Crippen LogP contribution in [0.5, 0.6) is 0 Å². The van der Waals surface area contributed by atoms with Gasteiger partial charge in [-0.25, -0.2) is 8.78 Å². The van der Waals surface area contributed by atoms with Crippen LogP contribution < -0.4 is 0 Å². The lowest BCUT2D eigenvalue weighted by molar-refractivity contribution is 0.589. The van der Waals surface area contributed by atoms with E-state index in [0.717, 1.165) is 154 Å². The summed E-state index contributed by atoms with van der Waals surface area (Å²) >= 11 is 0. The molecule has 0 aliphatic heterocycles. The summed E-state index contributed by atoms with van der Waals surface area (Å²) in [5, 5.41) is 25.3. The van der Waals surface area contributed by atoms with E-state index in [1.165, 1.54) is 18.2 Å². The van der Waals surface area contributed by atoms with E-state index in [1.807, 2.05) is 12.1 Å². The van der Waals surface area contributed by atoms with Gasteiger partial charge in [0.05, 0.1) is 83.1 Å². The minimum Gasteiger partial charge on any atom is -0.309 e. The Bertz CT molecular complexity index is 5790. The van der Waals surface area contributed by atoms with Gasteiger partial charge in [-0.1, -0.05) is 176 Å². The first-order valence-electron chi connectivity index (χ1n) is 31.6. The quantitative estimate of drug-likeness (QED) is 0.157. The van der Waals surface area contributed by atoms with Crippen molar-refractivity contribution in [2.45, 2.75) is 0 Å². The van der Waals surface area contributed by atoms with Crippen LogP contribution in [0.1, 0.15) is 5.56 Å². The first kappa shape index (κ1) is 52.0. The molecule has 0 saturated heterocycles. The van der Waals surface area contributed by atoms with Gasteiger partial charge < -0.3 is 27.4 Å². The predicted octanol–water partition coefficient (Wildman–Crippen LogP) is 22.1. The molecule has 0 fully saturated rings. The lowest BCUT2D eigenvalue weighted by atomic mass is 9.99. The van der Waals surface area contributed by atoms with E-state index >= 15 is 8.78 Å². The van der Waals surface area contributed by atoms with Gasteiger partial charge in [-0.05, 0) is 127 Å². The number of nitriles is 1. The number of hydrogen-bond acceptors (Lipinski definition) is 1. The number of aromatic nitrogens is 6. The van der Waals surface area contributed by atoms with Gasteiger partial charge in [-0.3, -0.25) is 0 Å². The van der Waals surface area contributed by atoms with Gasteiger partial charge in [0.15, 0.2) is 0 Å². The molecule has 94 heavy (non-hydrogen) atoms. The van der Waals surface area contributed by atoms with Crippen molar-refractivity contribution in [1.29, 1.82) is 5.26 Å². The highest BCUT2D eigenvalue weighted by Crippen LogP contribution is 2.46. The fourth-order valence-corrected chi connectivity index (χ4v) is 15.9. The number of para-hydroxylation sites is 8. The Morgan fingerprint density at radius 3 is 0.681 bits per heavy atom.